The maximum Gasteiger partial charge on any atom is 0.227 e. The van der Waals surface area contributed by atoms with Crippen molar-refractivity contribution in [2.24, 2.45) is 5.41 Å². The number of likely N-dealkylation sites (tertiary alicyclic amines) is 1. The van der Waals surface area contributed by atoms with Gasteiger partial charge < -0.3 is 15.5 Å². The first-order chi connectivity index (χ1) is 11.6. The molecule has 1 aromatic rings. The molecule has 24 heavy (non-hydrogen) atoms. The van der Waals surface area contributed by atoms with E-state index >= 15 is 0 Å². The van der Waals surface area contributed by atoms with E-state index in [1.165, 1.54) is 0 Å². The number of hydrogen-bond acceptors (Lipinski definition) is 3. The fraction of sp³-hybridized carbons (Fsp3) is 0.556. The third-order valence-electron chi connectivity index (χ3n) is 5.09. The smallest absolute Gasteiger partial charge is 0.227 e. The monoisotopic (exact) mass is 349 g/mol. The summed E-state index contributed by atoms with van der Waals surface area (Å²) >= 11 is 5.85. The summed E-state index contributed by atoms with van der Waals surface area (Å²) in [6, 6.07) is 7.47. The number of rotatable bonds is 5. The Hall–Kier alpha value is -1.59. The first kappa shape index (κ1) is 17.2. The number of benzene rings is 1. The molecule has 0 bridgehead atoms. The molecule has 2 amide bonds. The van der Waals surface area contributed by atoms with Crippen LogP contribution < -0.4 is 10.6 Å². The van der Waals surface area contributed by atoms with Gasteiger partial charge in [-0.15, -0.1) is 0 Å². The minimum Gasteiger partial charge on any atom is -0.356 e. The van der Waals surface area contributed by atoms with Crippen LogP contribution in [0.5, 0.6) is 0 Å². The summed E-state index contributed by atoms with van der Waals surface area (Å²) in [7, 11) is 0. The minimum absolute atomic E-state index is 0.0407. The van der Waals surface area contributed by atoms with E-state index < -0.39 is 0 Å². The van der Waals surface area contributed by atoms with E-state index in [9.17, 15) is 9.59 Å². The lowest BCUT2D eigenvalue weighted by atomic mass is 9.79. The Bertz CT molecular complexity index is 605. The van der Waals surface area contributed by atoms with Gasteiger partial charge in [0.25, 0.3) is 0 Å². The van der Waals surface area contributed by atoms with Crippen LogP contribution in [0.3, 0.4) is 0 Å². The SMILES string of the molecule is O=C(CCN1CC[C@]2(CCCNC2=O)C1)NCc1ccc(Cl)cc1. The molecular formula is C18H24ClN3O2. The van der Waals surface area contributed by atoms with Crippen molar-refractivity contribution >= 4 is 23.4 Å². The molecule has 0 aromatic heterocycles. The van der Waals surface area contributed by atoms with Gasteiger partial charge in [0.15, 0.2) is 0 Å². The number of hydrogen-bond donors (Lipinski definition) is 2. The lowest BCUT2D eigenvalue weighted by molar-refractivity contribution is -0.132. The number of nitrogens with zero attached hydrogens (tertiary/aromatic N) is 1. The van der Waals surface area contributed by atoms with Gasteiger partial charge in [-0.25, -0.2) is 0 Å². The second-order valence-electron chi connectivity index (χ2n) is 6.82. The van der Waals surface area contributed by atoms with Crippen LogP contribution in [0.25, 0.3) is 0 Å². The van der Waals surface area contributed by atoms with Crippen molar-refractivity contribution in [1.82, 2.24) is 15.5 Å². The van der Waals surface area contributed by atoms with Crippen molar-refractivity contribution in [2.75, 3.05) is 26.2 Å². The van der Waals surface area contributed by atoms with Crippen LogP contribution in [0.15, 0.2) is 24.3 Å². The van der Waals surface area contributed by atoms with Gasteiger partial charge in [0.1, 0.15) is 0 Å². The number of halogens is 1. The van der Waals surface area contributed by atoms with Crippen molar-refractivity contribution in [3.8, 4) is 0 Å². The van der Waals surface area contributed by atoms with Gasteiger partial charge in [0.2, 0.25) is 11.8 Å². The highest BCUT2D eigenvalue weighted by atomic mass is 35.5. The Morgan fingerprint density at radius 3 is 2.83 bits per heavy atom. The van der Waals surface area contributed by atoms with Gasteiger partial charge in [-0.2, -0.15) is 0 Å². The van der Waals surface area contributed by atoms with Crippen molar-refractivity contribution < 1.29 is 9.59 Å². The standard InChI is InChI=1S/C18H24ClN3O2/c19-15-4-2-14(3-5-15)12-21-16(23)6-10-22-11-8-18(13-22)7-1-9-20-17(18)24/h2-5H,1,6-13H2,(H,20,24)(H,21,23)/t18-/m1/s1. The van der Waals surface area contributed by atoms with Crippen LogP contribution in [0, 0.1) is 5.41 Å². The van der Waals surface area contributed by atoms with Crippen LogP contribution >= 0.6 is 11.6 Å². The number of carbonyl (C=O) groups is 2. The predicted molar refractivity (Wildman–Crippen MR) is 93.6 cm³/mol. The number of carbonyl (C=O) groups excluding carboxylic acids is 2. The largest absolute Gasteiger partial charge is 0.356 e. The molecule has 2 aliphatic heterocycles. The molecule has 1 aromatic carbocycles. The quantitative estimate of drug-likeness (QED) is 0.854. The lowest BCUT2D eigenvalue weighted by Gasteiger charge is -2.32. The Balaban J connectivity index is 1.40. The maximum atomic E-state index is 12.2. The number of nitrogens with one attached hydrogen (secondary N) is 2. The molecule has 2 aliphatic rings. The summed E-state index contributed by atoms with van der Waals surface area (Å²) in [4.78, 5) is 26.4. The summed E-state index contributed by atoms with van der Waals surface area (Å²) in [5.74, 6) is 0.238. The third-order valence-corrected chi connectivity index (χ3v) is 5.34. The highest BCUT2D eigenvalue weighted by molar-refractivity contribution is 6.30. The summed E-state index contributed by atoms with van der Waals surface area (Å²) in [5.41, 5.74) is 0.824. The van der Waals surface area contributed by atoms with Gasteiger partial charge in [-0.05, 0) is 43.5 Å². The number of amides is 2. The normalized spacial score (nSPS) is 24.1. The summed E-state index contributed by atoms with van der Waals surface area (Å²) < 4.78 is 0. The highest BCUT2D eigenvalue weighted by Gasteiger charge is 2.45. The summed E-state index contributed by atoms with van der Waals surface area (Å²) in [5, 5.41) is 6.62. The molecule has 1 atom stereocenters. The zero-order valence-corrected chi connectivity index (χ0v) is 14.6. The molecular weight excluding hydrogens is 326 g/mol. The minimum atomic E-state index is -0.210. The molecule has 5 nitrogen and oxygen atoms in total. The molecule has 2 saturated heterocycles. The zero-order valence-electron chi connectivity index (χ0n) is 13.8. The van der Waals surface area contributed by atoms with E-state index in [1.807, 2.05) is 24.3 Å². The molecule has 0 unspecified atom stereocenters. The molecule has 1 spiro atoms. The van der Waals surface area contributed by atoms with E-state index in [2.05, 4.69) is 15.5 Å². The van der Waals surface area contributed by atoms with Crippen LogP contribution in [0.1, 0.15) is 31.2 Å². The molecule has 2 fully saturated rings. The molecule has 0 radical (unpaired) electrons. The van der Waals surface area contributed by atoms with Gasteiger partial charge >= 0.3 is 0 Å². The molecule has 3 rings (SSSR count). The van der Waals surface area contributed by atoms with Crippen molar-refractivity contribution in [3.05, 3.63) is 34.9 Å². The molecule has 0 saturated carbocycles. The van der Waals surface area contributed by atoms with Gasteiger partial charge in [-0.1, -0.05) is 23.7 Å². The highest BCUT2D eigenvalue weighted by Crippen LogP contribution is 2.37. The van der Waals surface area contributed by atoms with Gasteiger partial charge in [0.05, 0.1) is 5.41 Å². The maximum absolute atomic E-state index is 12.2. The first-order valence-electron chi connectivity index (χ1n) is 8.59. The molecule has 0 aliphatic carbocycles. The van der Waals surface area contributed by atoms with Crippen LogP contribution in [-0.2, 0) is 16.1 Å². The Labute approximate surface area is 147 Å². The first-order valence-corrected chi connectivity index (χ1v) is 8.97. The van der Waals surface area contributed by atoms with E-state index in [4.69, 9.17) is 11.6 Å². The Morgan fingerprint density at radius 2 is 2.08 bits per heavy atom. The topological polar surface area (TPSA) is 61.4 Å². The van der Waals surface area contributed by atoms with E-state index in [1.54, 1.807) is 0 Å². The van der Waals surface area contributed by atoms with Gasteiger partial charge in [0, 0.05) is 37.6 Å². The Kier molecular flexibility index (Phi) is 5.41. The summed E-state index contributed by atoms with van der Waals surface area (Å²) in [6.07, 6.45) is 3.40. The summed E-state index contributed by atoms with van der Waals surface area (Å²) in [6.45, 7) is 3.71. The third kappa shape index (κ3) is 4.08. The van der Waals surface area contributed by atoms with Crippen LogP contribution in [0.2, 0.25) is 5.02 Å². The fourth-order valence-corrected chi connectivity index (χ4v) is 3.75. The Morgan fingerprint density at radius 1 is 1.29 bits per heavy atom. The van der Waals surface area contributed by atoms with Crippen molar-refractivity contribution in [3.63, 3.8) is 0 Å². The van der Waals surface area contributed by atoms with Crippen LogP contribution in [-0.4, -0.2) is 42.9 Å². The number of piperidine rings is 1. The average molecular weight is 350 g/mol. The van der Waals surface area contributed by atoms with E-state index in [-0.39, 0.29) is 17.2 Å². The molecule has 130 valence electrons. The molecule has 2 heterocycles. The predicted octanol–water partition coefficient (Wildman–Crippen LogP) is 1.95. The van der Waals surface area contributed by atoms with E-state index in [0.29, 0.717) is 24.5 Å². The zero-order chi connectivity index (χ0) is 17.0. The van der Waals surface area contributed by atoms with Crippen LogP contribution in [0.4, 0.5) is 0 Å². The average Bonchev–Trinajstić information content (AvgIpc) is 2.99. The second-order valence-corrected chi connectivity index (χ2v) is 7.26. The second kappa shape index (κ2) is 7.53. The lowest BCUT2D eigenvalue weighted by Crippen LogP contribution is -2.47. The van der Waals surface area contributed by atoms with Crippen molar-refractivity contribution in [1.29, 1.82) is 0 Å². The molecule has 2 N–H and O–H groups in total. The van der Waals surface area contributed by atoms with Crippen molar-refractivity contribution in [2.45, 2.75) is 32.2 Å². The van der Waals surface area contributed by atoms with Gasteiger partial charge in [-0.3, -0.25) is 9.59 Å². The van der Waals surface area contributed by atoms with E-state index in [0.717, 1.165) is 44.5 Å². The molecule has 6 heteroatoms. The fourth-order valence-electron chi connectivity index (χ4n) is 3.62.